The molecular weight excluding hydrogens is 301 g/mol. The molecule has 18 heavy (non-hydrogen) atoms. The molecule has 0 bridgehead atoms. The van der Waals surface area contributed by atoms with Crippen LogP contribution in [0, 0.1) is 5.82 Å². The molecule has 4 nitrogen and oxygen atoms in total. The monoisotopic (exact) mass is 309 g/mol. The number of nitrogens with zero attached hydrogens (tertiary/aromatic N) is 1. The van der Waals surface area contributed by atoms with E-state index in [-0.39, 0.29) is 11.7 Å². The molecule has 1 aromatic carbocycles. The number of amides is 1. The average molecular weight is 310 g/mol. The van der Waals surface area contributed by atoms with Crippen LogP contribution in [0.5, 0.6) is 0 Å². The summed E-state index contributed by atoms with van der Waals surface area (Å²) >= 11 is 3.04. The Morgan fingerprint density at radius 3 is 2.78 bits per heavy atom. The van der Waals surface area contributed by atoms with Crippen LogP contribution >= 0.6 is 15.9 Å². The highest BCUT2D eigenvalue weighted by Gasteiger charge is 2.08. The van der Waals surface area contributed by atoms with Crippen LogP contribution < -0.4 is 11.1 Å². The molecule has 0 atom stereocenters. The predicted molar refractivity (Wildman–Crippen MR) is 70.7 cm³/mol. The third-order valence-corrected chi connectivity index (χ3v) is 2.86. The number of nitrogens with one attached hydrogen (secondary N) is 1. The maximum atomic E-state index is 13.3. The standard InChI is InChI=1S/C12H9BrFN3O/c13-9-2-1-8(6-10(9)14)17-12(18)7-3-4-16-11(15)5-7/h1-6H,(H2,15,16)(H,17,18). The first-order valence-electron chi connectivity index (χ1n) is 5.04. The lowest BCUT2D eigenvalue weighted by Gasteiger charge is -2.06. The Morgan fingerprint density at radius 1 is 1.33 bits per heavy atom. The van der Waals surface area contributed by atoms with Crippen LogP contribution in [-0.2, 0) is 0 Å². The molecule has 0 fully saturated rings. The van der Waals surface area contributed by atoms with Crippen molar-refractivity contribution in [1.29, 1.82) is 0 Å². The molecule has 0 aliphatic rings. The van der Waals surface area contributed by atoms with Gasteiger partial charge in [-0.2, -0.15) is 0 Å². The Morgan fingerprint density at radius 2 is 2.11 bits per heavy atom. The Hall–Kier alpha value is -1.95. The van der Waals surface area contributed by atoms with Gasteiger partial charge in [0.2, 0.25) is 0 Å². The first-order chi connectivity index (χ1) is 8.56. The summed E-state index contributed by atoms with van der Waals surface area (Å²) in [4.78, 5) is 15.6. The molecule has 92 valence electrons. The molecule has 0 aliphatic carbocycles. The molecular formula is C12H9BrFN3O. The molecule has 0 saturated carbocycles. The van der Waals surface area contributed by atoms with Crippen molar-refractivity contribution in [3.63, 3.8) is 0 Å². The number of nitrogen functional groups attached to an aromatic ring is 1. The van der Waals surface area contributed by atoms with E-state index < -0.39 is 5.82 Å². The summed E-state index contributed by atoms with van der Waals surface area (Å²) in [7, 11) is 0. The fourth-order valence-electron chi connectivity index (χ4n) is 1.37. The van der Waals surface area contributed by atoms with Gasteiger partial charge >= 0.3 is 0 Å². The Balaban J connectivity index is 2.18. The lowest BCUT2D eigenvalue weighted by atomic mass is 10.2. The maximum absolute atomic E-state index is 13.3. The summed E-state index contributed by atoms with van der Waals surface area (Å²) in [5.41, 5.74) is 6.21. The molecule has 1 heterocycles. The van der Waals surface area contributed by atoms with Gasteiger partial charge in [-0.3, -0.25) is 4.79 Å². The Bertz CT molecular complexity index is 604. The summed E-state index contributed by atoms with van der Waals surface area (Å²) in [5, 5.41) is 2.57. The van der Waals surface area contributed by atoms with E-state index in [1.807, 2.05) is 0 Å². The van der Waals surface area contributed by atoms with Gasteiger partial charge in [0.25, 0.3) is 5.91 Å². The second kappa shape index (κ2) is 5.14. The smallest absolute Gasteiger partial charge is 0.255 e. The van der Waals surface area contributed by atoms with E-state index in [9.17, 15) is 9.18 Å². The topological polar surface area (TPSA) is 68.0 Å². The number of anilines is 2. The third kappa shape index (κ3) is 2.84. The number of rotatable bonds is 2. The van der Waals surface area contributed by atoms with Crippen molar-refractivity contribution in [3.05, 3.63) is 52.4 Å². The van der Waals surface area contributed by atoms with Gasteiger partial charge in [0.05, 0.1) is 4.47 Å². The molecule has 1 aromatic heterocycles. The molecule has 0 unspecified atom stereocenters. The lowest BCUT2D eigenvalue weighted by molar-refractivity contribution is 0.102. The van der Waals surface area contributed by atoms with Gasteiger partial charge in [-0.15, -0.1) is 0 Å². The minimum Gasteiger partial charge on any atom is -0.384 e. The van der Waals surface area contributed by atoms with E-state index in [0.29, 0.717) is 15.7 Å². The highest BCUT2D eigenvalue weighted by molar-refractivity contribution is 9.10. The molecule has 3 N–H and O–H groups in total. The van der Waals surface area contributed by atoms with Crippen LogP contribution in [0.3, 0.4) is 0 Å². The fraction of sp³-hybridized carbons (Fsp3) is 0. The molecule has 2 rings (SSSR count). The molecule has 0 saturated heterocycles. The van der Waals surface area contributed by atoms with Gasteiger partial charge in [-0.25, -0.2) is 9.37 Å². The minimum absolute atomic E-state index is 0.254. The van der Waals surface area contributed by atoms with Gasteiger partial charge in [-0.1, -0.05) is 0 Å². The number of hydrogen-bond donors (Lipinski definition) is 2. The van der Waals surface area contributed by atoms with Crippen molar-refractivity contribution in [2.45, 2.75) is 0 Å². The summed E-state index contributed by atoms with van der Waals surface area (Å²) < 4.78 is 13.6. The lowest BCUT2D eigenvalue weighted by Crippen LogP contribution is -2.12. The van der Waals surface area contributed by atoms with Gasteiger partial charge in [-0.05, 0) is 46.3 Å². The van der Waals surface area contributed by atoms with Crippen LogP contribution in [0.15, 0.2) is 41.0 Å². The van der Waals surface area contributed by atoms with Crippen LogP contribution in [0.25, 0.3) is 0 Å². The first-order valence-corrected chi connectivity index (χ1v) is 5.83. The number of nitrogens with two attached hydrogens (primary N) is 1. The molecule has 6 heteroatoms. The van der Waals surface area contributed by atoms with E-state index in [2.05, 4.69) is 26.2 Å². The van der Waals surface area contributed by atoms with Crippen molar-refractivity contribution in [3.8, 4) is 0 Å². The van der Waals surface area contributed by atoms with Crippen molar-refractivity contribution in [2.24, 2.45) is 0 Å². The van der Waals surface area contributed by atoms with Crippen LogP contribution in [-0.4, -0.2) is 10.9 Å². The summed E-state index contributed by atoms with van der Waals surface area (Å²) in [6, 6.07) is 7.32. The van der Waals surface area contributed by atoms with E-state index in [4.69, 9.17) is 5.73 Å². The SMILES string of the molecule is Nc1cc(C(=O)Nc2ccc(Br)c(F)c2)ccn1. The van der Waals surface area contributed by atoms with E-state index in [1.165, 1.54) is 30.5 Å². The van der Waals surface area contributed by atoms with E-state index in [0.717, 1.165) is 0 Å². The first kappa shape index (κ1) is 12.5. The molecule has 0 spiro atoms. The zero-order chi connectivity index (χ0) is 13.1. The zero-order valence-corrected chi connectivity index (χ0v) is 10.7. The number of pyridine rings is 1. The number of carbonyl (C=O) groups excluding carboxylic acids is 1. The second-order valence-corrected chi connectivity index (χ2v) is 4.41. The molecule has 0 radical (unpaired) electrons. The zero-order valence-electron chi connectivity index (χ0n) is 9.15. The third-order valence-electron chi connectivity index (χ3n) is 2.22. The molecule has 1 amide bonds. The van der Waals surface area contributed by atoms with Crippen LogP contribution in [0.1, 0.15) is 10.4 Å². The fourth-order valence-corrected chi connectivity index (χ4v) is 1.61. The van der Waals surface area contributed by atoms with Crippen molar-refractivity contribution in [1.82, 2.24) is 4.98 Å². The molecule has 0 aliphatic heterocycles. The van der Waals surface area contributed by atoms with Gasteiger partial charge in [0.1, 0.15) is 11.6 Å². The summed E-state index contributed by atoms with van der Waals surface area (Å²) in [6.45, 7) is 0. The number of aromatic nitrogens is 1. The number of carbonyl (C=O) groups is 1. The number of benzene rings is 1. The Kier molecular flexibility index (Phi) is 3.57. The minimum atomic E-state index is -0.443. The number of halogens is 2. The number of hydrogen-bond acceptors (Lipinski definition) is 3. The Labute approximate surface area is 111 Å². The highest BCUT2D eigenvalue weighted by Crippen LogP contribution is 2.19. The van der Waals surface area contributed by atoms with Crippen LogP contribution in [0.4, 0.5) is 15.9 Å². The normalized spacial score (nSPS) is 10.1. The molecule has 2 aromatic rings. The van der Waals surface area contributed by atoms with Gasteiger partial charge in [0.15, 0.2) is 0 Å². The quantitative estimate of drug-likeness (QED) is 0.896. The van der Waals surface area contributed by atoms with E-state index in [1.54, 1.807) is 6.07 Å². The van der Waals surface area contributed by atoms with Crippen LogP contribution in [0.2, 0.25) is 0 Å². The van der Waals surface area contributed by atoms with Gasteiger partial charge in [0, 0.05) is 17.4 Å². The largest absolute Gasteiger partial charge is 0.384 e. The van der Waals surface area contributed by atoms with Crippen molar-refractivity contribution >= 4 is 33.3 Å². The summed E-state index contributed by atoms with van der Waals surface area (Å²) in [5.74, 6) is -0.558. The highest BCUT2D eigenvalue weighted by atomic mass is 79.9. The van der Waals surface area contributed by atoms with Crippen molar-refractivity contribution in [2.75, 3.05) is 11.1 Å². The van der Waals surface area contributed by atoms with E-state index >= 15 is 0 Å². The van der Waals surface area contributed by atoms with Gasteiger partial charge < -0.3 is 11.1 Å². The maximum Gasteiger partial charge on any atom is 0.255 e. The van der Waals surface area contributed by atoms with Crippen molar-refractivity contribution < 1.29 is 9.18 Å². The predicted octanol–water partition coefficient (Wildman–Crippen LogP) is 2.82. The second-order valence-electron chi connectivity index (χ2n) is 3.55. The average Bonchev–Trinajstić information content (AvgIpc) is 2.34. The summed E-state index contributed by atoms with van der Waals surface area (Å²) in [6.07, 6.45) is 1.44.